The molecule has 0 aliphatic heterocycles. The van der Waals surface area contributed by atoms with Crippen molar-refractivity contribution < 1.29 is 5.11 Å². The van der Waals surface area contributed by atoms with Crippen molar-refractivity contribution in [3.05, 3.63) is 11.4 Å². The lowest BCUT2D eigenvalue weighted by Crippen LogP contribution is -2.12. The van der Waals surface area contributed by atoms with E-state index in [-0.39, 0.29) is 6.61 Å². The normalized spacial score (nSPS) is 10.7. The SMILES string of the molecule is CNc1nc(C(C)C)nc(NCCCO)c1C. The number of nitrogens with one attached hydrogen (secondary N) is 2. The van der Waals surface area contributed by atoms with Gasteiger partial charge in [0.15, 0.2) is 0 Å². The Morgan fingerprint density at radius 2 is 1.88 bits per heavy atom. The van der Waals surface area contributed by atoms with Crippen LogP contribution in [0.2, 0.25) is 0 Å². The van der Waals surface area contributed by atoms with Gasteiger partial charge in [-0.3, -0.25) is 0 Å². The highest BCUT2D eigenvalue weighted by molar-refractivity contribution is 5.57. The van der Waals surface area contributed by atoms with Crippen LogP contribution in [0.4, 0.5) is 11.6 Å². The minimum Gasteiger partial charge on any atom is -0.396 e. The van der Waals surface area contributed by atoms with Gasteiger partial charge in [-0.25, -0.2) is 9.97 Å². The smallest absolute Gasteiger partial charge is 0.135 e. The van der Waals surface area contributed by atoms with E-state index in [4.69, 9.17) is 5.11 Å². The molecule has 17 heavy (non-hydrogen) atoms. The fourth-order valence-electron chi connectivity index (χ4n) is 1.49. The van der Waals surface area contributed by atoms with Crippen LogP contribution < -0.4 is 10.6 Å². The van der Waals surface area contributed by atoms with Crippen molar-refractivity contribution in [2.75, 3.05) is 30.8 Å². The van der Waals surface area contributed by atoms with Crippen LogP contribution in [0.15, 0.2) is 0 Å². The maximum absolute atomic E-state index is 8.77. The lowest BCUT2D eigenvalue weighted by molar-refractivity contribution is 0.292. The van der Waals surface area contributed by atoms with Gasteiger partial charge in [-0.1, -0.05) is 13.8 Å². The zero-order valence-corrected chi connectivity index (χ0v) is 11.0. The summed E-state index contributed by atoms with van der Waals surface area (Å²) in [7, 11) is 1.86. The maximum Gasteiger partial charge on any atom is 0.135 e. The van der Waals surface area contributed by atoms with E-state index in [0.29, 0.717) is 5.92 Å². The van der Waals surface area contributed by atoms with Gasteiger partial charge in [-0.2, -0.15) is 0 Å². The largest absolute Gasteiger partial charge is 0.396 e. The first-order chi connectivity index (χ1) is 8.10. The molecule has 0 radical (unpaired) electrons. The highest BCUT2D eigenvalue weighted by Gasteiger charge is 2.11. The summed E-state index contributed by atoms with van der Waals surface area (Å²) in [4.78, 5) is 8.98. The zero-order valence-electron chi connectivity index (χ0n) is 11.0. The van der Waals surface area contributed by atoms with E-state index >= 15 is 0 Å². The third-order valence-electron chi connectivity index (χ3n) is 2.54. The molecular formula is C12H22N4O. The van der Waals surface area contributed by atoms with E-state index in [9.17, 15) is 0 Å². The Morgan fingerprint density at radius 3 is 2.41 bits per heavy atom. The van der Waals surface area contributed by atoms with E-state index in [2.05, 4.69) is 34.4 Å². The van der Waals surface area contributed by atoms with Crippen LogP contribution in [0, 0.1) is 6.92 Å². The maximum atomic E-state index is 8.77. The Labute approximate surface area is 103 Å². The predicted octanol–water partition coefficient (Wildman–Crippen LogP) is 1.74. The van der Waals surface area contributed by atoms with Gasteiger partial charge >= 0.3 is 0 Å². The first kappa shape index (κ1) is 13.7. The molecule has 5 nitrogen and oxygen atoms in total. The van der Waals surface area contributed by atoms with Gasteiger partial charge in [0.2, 0.25) is 0 Å². The molecule has 5 heteroatoms. The molecule has 3 N–H and O–H groups in total. The third-order valence-corrected chi connectivity index (χ3v) is 2.54. The second-order valence-corrected chi connectivity index (χ2v) is 4.31. The number of aromatic nitrogens is 2. The molecule has 1 aromatic rings. The van der Waals surface area contributed by atoms with Gasteiger partial charge < -0.3 is 15.7 Å². The summed E-state index contributed by atoms with van der Waals surface area (Å²) in [5.41, 5.74) is 1.01. The van der Waals surface area contributed by atoms with Crippen LogP contribution >= 0.6 is 0 Å². The molecular weight excluding hydrogens is 216 g/mol. The third kappa shape index (κ3) is 3.56. The Bertz CT molecular complexity index is 366. The average molecular weight is 238 g/mol. The Kier molecular flexibility index (Phi) is 5.15. The molecule has 1 aromatic heterocycles. The number of aliphatic hydroxyl groups excluding tert-OH is 1. The molecule has 0 aliphatic rings. The van der Waals surface area contributed by atoms with Gasteiger partial charge in [-0.15, -0.1) is 0 Å². The van der Waals surface area contributed by atoms with Crippen LogP contribution in [0.5, 0.6) is 0 Å². The lowest BCUT2D eigenvalue weighted by atomic mass is 10.2. The van der Waals surface area contributed by atoms with Crippen LogP contribution in [0.3, 0.4) is 0 Å². The molecule has 0 saturated heterocycles. The van der Waals surface area contributed by atoms with Crippen molar-refractivity contribution in [2.24, 2.45) is 0 Å². The minimum atomic E-state index is 0.188. The molecule has 1 rings (SSSR count). The predicted molar refractivity (Wildman–Crippen MR) is 70.6 cm³/mol. The van der Waals surface area contributed by atoms with Gasteiger partial charge in [0.1, 0.15) is 17.5 Å². The standard InChI is InChI=1S/C12H22N4O/c1-8(2)10-15-11(13-4)9(3)12(16-10)14-6-5-7-17/h8,17H,5-7H2,1-4H3,(H2,13,14,15,16). The molecule has 0 atom stereocenters. The van der Waals surface area contributed by atoms with Gasteiger partial charge in [0, 0.05) is 31.7 Å². The van der Waals surface area contributed by atoms with Crippen LogP contribution in [-0.2, 0) is 0 Å². The second-order valence-electron chi connectivity index (χ2n) is 4.31. The molecule has 0 aromatic carbocycles. The number of anilines is 2. The average Bonchev–Trinajstić information content (AvgIpc) is 2.31. The highest BCUT2D eigenvalue weighted by Crippen LogP contribution is 2.22. The Hall–Kier alpha value is -1.36. The molecule has 0 spiro atoms. The summed E-state index contributed by atoms with van der Waals surface area (Å²) in [5, 5.41) is 15.1. The van der Waals surface area contributed by atoms with Crippen LogP contribution in [-0.4, -0.2) is 35.3 Å². The summed E-state index contributed by atoms with van der Waals surface area (Å²) in [6.07, 6.45) is 0.718. The summed E-state index contributed by atoms with van der Waals surface area (Å²) in [6.45, 7) is 7.03. The zero-order chi connectivity index (χ0) is 12.8. The quantitative estimate of drug-likeness (QED) is 0.659. The first-order valence-corrected chi connectivity index (χ1v) is 6.01. The van der Waals surface area contributed by atoms with E-state index in [1.807, 2.05) is 14.0 Å². The van der Waals surface area contributed by atoms with E-state index in [1.54, 1.807) is 0 Å². The van der Waals surface area contributed by atoms with Crippen molar-refractivity contribution in [2.45, 2.75) is 33.1 Å². The van der Waals surface area contributed by atoms with E-state index in [0.717, 1.165) is 36.0 Å². The number of hydrogen-bond acceptors (Lipinski definition) is 5. The van der Waals surface area contributed by atoms with E-state index < -0.39 is 0 Å². The molecule has 0 aliphatic carbocycles. The van der Waals surface area contributed by atoms with Crippen molar-refractivity contribution in [1.82, 2.24) is 9.97 Å². The summed E-state index contributed by atoms with van der Waals surface area (Å²) in [5.74, 6) is 2.82. The molecule has 0 unspecified atom stereocenters. The number of nitrogens with zero attached hydrogens (tertiary/aromatic N) is 2. The first-order valence-electron chi connectivity index (χ1n) is 6.01. The highest BCUT2D eigenvalue weighted by atomic mass is 16.3. The van der Waals surface area contributed by atoms with Gasteiger partial charge in [0.05, 0.1) is 0 Å². The molecule has 96 valence electrons. The molecule has 0 fully saturated rings. The van der Waals surface area contributed by atoms with E-state index in [1.165, 1.54) is 0 Å². The van der Waals surface area contributed by atoms with Gasteiger partial charge in [0.25, 0.3) is 0 Å². The van der Waals surface area contributed by atoms with Crippen molar-refractivity contribution in [3.8, 4) is 0 Å². The monoisotopic (exact) mass is 238 g/mol. The number of aliphatic hydroxyl groups is 1. The Balaban J connectivity index is 2.96. The molecule has 0 bridgehead atoms. The molecule has 0 saturated carbocycles. The van der Waals surface area contributed by atoms with Crippen molar-refractivity contribution in [1.29, 1.82) is 0 Å². The minimum absolute atomic E-state index is 0.188. The van der Waals surface area contributed by atoms with Crippen LogP contribution in [0.1, 0.15) is 37.6 Å². The summed E-state index contributed by atoms with van der Waals surface area (Å²) >= 11 is 0. The number of hydrogen-bond donors (Lipinski definition) is 3. The fraction of sp³-hybridized carbons (Fsp3) is 0.667. The van der Waals surface area contributed by atoms with Crippen molar-refractivity contribution in [3.63, 3.8) is 0 Å². The molecule has 1 heterocycles. The molecule has 0 amide bonds. The summed E-state index contributed by atoms with van der Waals surface area (Å²) in [6, 6.07) is 0. The summed E-state index contributed by atoms with van der Waals surface area (Å²) < 4.78 is 0. The topological polar surface area (TPSA) is 70.1 Å². The second kappa shape index (κ2) is 6.39. The fourth-order valence-corrected chi connectivity index (χ4v) is 1.49. The van der Waals surface area contributed by atoms with Crippen LogP contribution in [0.25, 0.3) is 0 Å². The number of rotatable bonds is 6. The van der Waals surface area contributed by atoms with Gasteiger partial charge in [-0.05, 0) is 13.3 Å². The van der Waals surface area contributed by atoms with Crippen molar-refractivity contribution >= 4 is 11.6 Å². The lowest BCUT2D eigenvalue weighted by Gasteiger charge is -2.14. The Morgan fingerprint density at radius 1 is 1.24 bits per heavy atom.